The van der Waals surface area contributed by atoms with Crippen molar-refractivity contribution in [2.45, 2.75) is 20.3 Å². The van der Waals surface area contributed by atoms with Crippen molar-refractivity contribution >= 4 is 27.1 Å². The monoisotopic (exact) mass is 337 g/mol. The number of aryl methyl sites for hydroxylation is 1. The third-order valence-corrected chi connectivity index (χ3v) is 4.50. The minimum absolute atomic E-state index is 0.992. The van der Waals surface area contributed by atoms with Crippen molar-refractivity contribution in [2.75, 3.05) is 0 Å². The summed E-state index contributed by atoms with van der Waals surface area (Å²) in [6, 6.07) is 17.4. The Balaban J connectivity index is 2.02. The summed E-state index contributed by atoms with van der Waals surface area (Å²) in [5.41, 5.74) is 7.95. The molecule has 0 saturated heterocycles. The summed E-state index contributed by atoms with van der Waals surface area (Å²) >= 11 is 3.50. The zero-order chi connectivity index (χ0) is 14.8. The van der Waals surface area contributed by atoms with Gasteiger partial charge in [-0.1, -0.05) is 64.0 Å². The van der Waals surface area contributed by atoms with E-state index < -0.39 is 0 Å². The van der Waals surface area contributed by atoms with Gasteiger partial charge in [0.2, 0.25) is 0 Å². The molecule has 1 heteroatoms. The molecule has 0 bridgehead atoms. The van der Waals surface area contributed by atoms with E-state index in [2.05, 4.69) is 90.8 Å². The summed E-state index contributed by atoms with van der Waals surface area (Å²) in [5.74, 6) is 0. The molecule has 0 heterocycles. The van der Waals surface area contributed by atoms with E-state index in [0.717, 1.165) is 10.9 Å². The average Bonchev–Trinajstić information content (AvgIpc) is 2.50. The smallest absolute Gasteiger partial charge is 0.0175 e. The Bertz CT molecular complexity index is 701. The van der Waals surface area contributed by atoms with Crippen molar-refractivity contribution in [2.24, 2.45) is 0 Å². The van der Waals surface area contributed by atoms with Crippen LogP contribution in [0.5, 0.6) is 0 Å². The average molecular weight is 338 g/mol. The standard InChI is InChI=1S/C20H18Br/c1-14-6-8-16(9-7-14)19-4-3-5-20(15(19)2)17-10-12-18(21)13-11-17/h4-13H,3H2,1-2H3. The molecule has 0 amide bonds. The van der Waals surface area contributed by atoms with Gasteiger partial charge in [0, 0.05) is 4.47 Å². The first-order valence-corrected chi connectivity index (χ1v) is 8.02. The van der Waals surface area contributed by atoms with E-state index in [1.165, 1.54) is 33.4 Å². The van der Waals surface area contributed by atoms with Gasteiger partial charge in [-0.3, -0.25) is 0 Å². The first-order chi connectivity index (χ1) is 10.1. The Morgan fingerprint density at radius 3 is 2.10 bits per heavy atom. The SMILES string of the molecule is CC1=C(c2ccc(C)cc2)[CH]CC=C1c1ccc(Br)cc1. The first kappa shape index (κ1) is 14.3. The van der Waals surface area contributed by atoms with Crippen LogP contribution in [0, 0.1) is 13.3 Å². The van der Waals surface area contributed by atoms with Crippen LogP contribution in [-0.4, -0.2) is 0 Å². The molecule has 21 heavy (non-hydrogen) atoms. The van der Waals surface area contributed by atoms with Crippen LogP contribution in [0.25, 0.3) is 11.1 Å². The maximum absolute atomic E-state index is 3.50. The molecule has 0 atom stereocenters. The highest BCUT2D eigenvalue weighted by Crippen LogP contribution is 2.36. The zero-order valence-corrected chi connectivity index (χ0v) is 13.9. The Morgan fingerprint density at radius 2 is 1.43 bits per heavy atom. The lowest BCUT2D eigenvalue weighted by Gasteiger charge is -2.20. The molecule has 0 N–H and O–H groups in total. The molecule has 2 aromatic rings. The summed E-state index contributed by atoms with van der Waals surface area (Å²) in [6.45, 7) is 4.35. The Hall–Kier alpha value is -1.60. The molecule has 2 aromatic carbocycles. The van der Waals surface area contributed by atoms with E-state index in [9.17, 15) is 0 Å². The van der Waals surface area contributed by atoms with Crippen molar-refractivity contribution in [1.82, 2.24) is 0 Å². The van der Waals surface area contributed by atoms with Crippen molar-refractivity contribution in [3.63, 3.8) is 0 Å². The van der Waals surface area contributed by atoms with Gasteiger partial charge >= 0.3 is 0 Å². The molecule has 1 radical (unpaired) electrons. The lowest BCUT2D eigenvalue weighted by Crippen LogP contribution is -1.99. The van der Waals surface area contributed by atoms with Crippen molar-refractivity contribution in [3.05, 3.63) is 87.8 Å². The Morgan fingerprint density at radius 1 is 0.810 bits per heavy atom. The highest BCUT2D eigenvalue weighted by atomic mass is 79.9. The molecule has 105 valence electrons. The van der Waals surface area contributed by atoms with Gasteiger partial charge in [0.1, 0.15) is 0 Å². The number of allylic oxidation sites excluding steroid dienone is 4. The van der Waals surface area contributed by atoms with Crippen molar-refractivity contribution in [1.29, 1.82) is 0 Å². The van der Waals surface area contributed by atoms with Gasteiger partial charge in [0.15, 0.2) is 0 Å². The van der Waals surface area contributed by atoms with Gasteiger partial charge in [-0.25, -0.2) is 0 Å². The second kappa shape index (κ2) is 6.03. The van der Waals surface area contributed by atoms with Gasteiger partial charge in [0.25, 0.3) is 0 Å². The highest BCUT2D eigenvalue weighted by Gasteiger charge is 2.15. The number of hydrogen-bond acceptors (Lipinski definition) is 0. The molecule has 1 aliphatic rings. The highest BCUT2D eigenvalue weighted by molar-refractivity contribution is 9.10. The van der Waals surface area contributed by atoms with Crippen LogP contribution in [0.3, 0.4) is 0 Å². The van der Waals surface area contributed by atoms with Gasteiger partial charge < -0.3 is 0 Å². The van der Waals surface area contributed by atoms with Crippen molar-refractivity contribution in [3.8, 4) is 0 Å². The van der Waals surface area contributed by atoms with Crippen LogP contribution >= 0.6 is 15.9 Å². The van der Waals surface area contributed by atoms with Crippen LogP contribution in [0.4, 0.5) is 0 Å². The summed E-state index contributed by atoms with van der Waals surface area (Å²) in [5, 5.41) is 0. The molecular weight excluding hydrogens is 320 g/mol. The quantitative estimate of drug-likeness (QED) is 0.609. The fourth-order valence-electron chi connectivity index (χ4n) is 2.78. The van der Waals surface area contributed by atoms with Gasteiger partial charge in [0.05, 0.1) is 0 Å². The minimum Gasteiger partial charge on any atom is -0.0758 e. The predicted molar refractivity (Wildman–Crippen MR) is 94.8 cm³/mol. The predicted octanol–water partition coefficient (Wildman–Crippen LogP) is 6.22. The summed E-state index contributed by atoms with van der Waals surface area (Å²) in [6.07, 6.45) is 5.63. The van der Waals surface area contributed by atoms with Crippen LogP contribution in [0.2, 0.25) is 0 Å². The lowest BCUT2D eigenvalue weighted by molar-refractivity contribution is 1.24. The topological polar surface area (TPSA) is 0 Å². The molecule has 0 aromatic heterocycles. The molecule has 0 saturated carbocycles. The van der Waals surface area contributed by atoms with Gasteiger partial charge in [-0.2, -0.15) is 0 Å². The molecule has 0 unspecified atom stereocenters. The zero-order valence-electron chi connectivity index (χ0n) is 12.4. The minimum atomic E-state index is 0.992. The normalized spacial score (nSPS) is 15.1. The molecular formula is C20H18Br. The third-order valence-electron chi connectivity index (χ3n) is 3.97. The van der Waals surface area contributed by atoms with Crippen LogP contribution in [0.15, 0.2) is 64.7 Å². The van der Waals surface area contributed by atoms with Gasteiger partial charge in [-0.15, -0.1) is 0 Å². The second-order valence-electron chi connectivity index (χ2n) is 5.47. The van der Waals surface area contributed by atoms with Gasteiger partial charge in [-0.05, 0) is 66.7 Å². The molecule has 1 aliphatic carbocycles. The van der Waals surface area contributed by atoms with E-state index in [1.54, 1.807) is 0 Å². The summed E-state index contributed by atoms with van der Waals surface area (Å²) in [7, 11) is 0. The van der Waals surface area contributed by atoms with E-state index in [-0.39, 0.29) is 0 Å². The third kappa shape index (κ3) is 3.03. The van der Waals surface area contributed by atoms with E-state index in [4.69, 9.17) is 0 Å². The Labute approximate surface area is 135 Å². The fraction of sp³-hybridized carbons (Fsp3) is 0.150. The van der Waals surface area contributed by atoms with E-state index in [1.807, 2.05) is 0 Å². The maximum atomic E-state index is 3.50. The number of benzene rings is 2. The van der Waals surface area contributed by atoms with Crippen LogP contribution in [0.1, 0.15) is 30.0 Å². The molecule has 0 nitrogen and oxygen atoms in total. The second-order valence-corrected chi connectivity index (χ2v) is 6.38. The number of halogens is 1. The summed E-state index contributed by atoms with van der Waals surface area (Å²) in [4.78, 5) is 0. The van der Waals surface area contributed by atoms with E-state index in [0.29, 0.717) is 0 Å². The first-order valence-electron chi connectivity index (χ1n) is 7.23. The van der Waals surface area contributed by atoms with Crippen molar-refractivity contribution < 1.29 is 0 Å². The summed E-state index contributed by atoms with van der Waals surface area (Å²) < 4.78 is 1.12. The van der Waals surface area contributed by atoms with Crippen LogP contribution < -0.4 is 0 Å². The molecule has 0 aliphatic heterocycles. The number of hydrogen-bond donors (Lipinski definition) is 0. The molecule has 3 rings (SSSR count). The van der Waals surface area contributed by atoms with E-state index >= 15 is 0 Å². The largest absolute Gasteiger partial charge is 0.0758 e. The Kier molecular flexibility index (Phi) is 4.12. The maximum Gasteiger partial charge on any atom is 0.0175 e. The van der Waals surface area contributed by atoms with Crippen LogP contribution in [-0.2, 0) is 0 Å². The molecule has 0 fully saturated rings. The lowest BCUT2D eigenvalue weighted by atomic mass is 9.84. The molecule has 0 spiro atoms. The fourth-order valence-corrected chi connectivity index (χ4v) is 3.04. The number of rotatable bonds is 2.